The second-order valence-electron chi connectivity index (χ2n) is 4.55. The van der Waals surface area contributed by atoms with Crippen molar-refractivity contribution in [2.75, 3.05) is 6.54 Å². The Morgan fingerprint density at radius 2 is 1.74 bits per heavy atom. The molecule has 0 radical (unpaired) electrons. The molecule has 1 amide bonds. The number of benzene rings is 2. The molecule has 98 valence electrons. The van der Waals surface area contributed by atoms with Crippen molar-refractivity contribution in [2.24, 2.45) is 0 Å². The summed E-state index contributed by atoms with van der Waals surface area (Å²) in [6.45, 7) is 2.76. The molecule has 0 saturated heterocycles. The maximum Gasteiger partial charge on any atom is 0.251 e. The average molecular weight is 253 g/mol. The second-order valence-corrected chi connectivity index (χ2v) is 4.55. The molecule has 2 rings (SSSR count). The van der Waals surface area contributed by atoms with E-state index in [1.165, 1.54) is 11.1 Å². The number of carbonyl (C=O) groups excluding carboxylic acids is 1. The first-order valence-electron chi connectivity index (χ1n) is 6.70. The van der Waals surface area contributed by atoms with Gasteiger partial charge in [0.1, 0.15) is 0 Å². The Morgan fingerprint density at radius 3 is 2.47 bits per heavy atom. The van der Waals surface area contributed by atoms with Crippen molar-refractivity contribution in [3.05, 3.63) is 71.3 Å². The van der Waals surface area contributed by atoms with E-state index in [0.717, 1.165) is 18.4 Å². The summed E-state index contributed by atoms with van der Waals surface area (Å²) >= 11 is 0. The van der Waals surface area contributed by atoms with E-state index in [1.54, 1.807) is 0 Å². The highest BCUT2D eigenvalue weighted by Gasteiger charge is 2.04. The Balaban J connectivity index is 1.87. The predicted molar refractivity (Wildman–Crippen MR) is 78.3 cm³/mol. The first kappa shape index (κ1) is 13.3. The van der Waals surface area contributed by atoms with E-state index < -0.39 is 0 Å². The minimum absolute atomic E-state index is 0.00577. The van der Waals surface area contributed by atoms with Crippen LogP contribution in [0.4, 0.5) is 0 Å². The zero-order chi connectivity index (χ0) is 13.5. The molecule has 0 aromatic heterocycles. The van der Waals surface area contributed by atoms with Crippen LogP contribution in [0.15, 0.2) is 54.6 Å². The molecule has 0 aliphatic rings. The van der Waals surface area contributed by atoms with Crippen molar-refractivity contribution in [3.8, 4) is 0 Å². The van der Waals surface area contributed by atoms with Gasteiger partial charge in [-0.3, -0.25) is 4.79 Å². The Morgan fingerprint density at radius 1 is 1.00 bits per heavy atom. The molecule has 2 heteroatoms. The summed E-state index contributed by atoms with van der Waals surface area (Å²) in [6.07, 6.45) is 1.81. The number of amides is 1. The number of carbonyl (C=O) groups is 1. The quantitative estimate of drug-likeness (QED) is 0.871. The Kier molecular flexibility index (Phi) is 4.73. The number of hydrogen-bond acceptors (Lipinski definition) is 1. The summed E-state index contributed by atoms with van der Waals surface area (Å²) in [5, 5.41) is 2.96. The van der Waals surface area contributed by atoms with E-state index in [2.05, 4.69) is 24.4 Å². The summed E-state index contributed by atoms with van der Waals surface area (Å²) in [5.74, 6) is 0.00577. The molecule has 0 spiro atoms. The van der Waals surface area contributed by atoms with Crippen molar-refractivity contribution >= 4 is 5.91 Å². The third kappa shape index (κ3) is 3.95. The Hall–Kier alpha value is -2.09. The van der Waals surface area contributed by atoms with Gasteiger partial charge in [-0.05, 0) is 36.1 Å². The number of aryl methyl sites for hydroxylation is 1. The fraction of sp³-hybridized carbons (Fsp3) is 0.235. The molecule has 19 heavy (non-hydrogen) atoms. The van der Waals surface area contributed by atoms with Gasteiger partial charge in [0.25, 0.3) is 5.91 Å². The predicted octanol–water partition coefficient (Wildman–Crippen LogP) is 3.22. The Labute approximate surface area is 114 Å². The minimum Gasteiger partial charge on any atom is -0.352 e. The molecule has 0 aliphatic carbocycles. The van der Waals surface area contributed by atoms with Crippen LogP contribution in [0.3, 0.4) is 0 Å². The molecule has 0 aliphatic heterocycles. The largest absolute Gasteiger partial charge is 0.352 e. The van der Waals surface area contributed by atoms with Gasteiger partial charge in [-0.2, -0.15) is 0 Å². The molecule has 0 bridgehead atoms. The highest BCUT2D eigenvalue weighted by atomic mass is 16.1. The third-order valence-corrected chi connectivity index (χ3v) is 3.14. The van der Waals surface area contributed by atoms with Crippen LogP contribution < -0.4 is 5.32 Å². The van der Waals surface area contributed by atoms with Crippen molar-refractivity contribution in [1.82, 2.24) is 5.32 Å². The van der Waals surface area contributed by atoms with Crippen molar-refractivity contribution in [2.45, 2.75) is 19.8 Å². The van der Waals surface area contributed by atoms with Gasteiger partial charge in [0.2, 0.25) is 0 Å². The van der Waals surface area contributed by atoms with Gasteiger partial charge < -0.3 is 5.32 Å². The van der Waals surface area contributed by atoms with Gasteiger partial charge in [-0.1, -0.05) is 49.4 Å². The Bertz CT molecular complexity index is 534. The van der Waals surface area contributed by atoms with Crippen LogP contribution in [-0.4, -0.2) is 12.5 Å². The molecule has 0 unspecified atom stereocenters. The van der Waals surface area contributed by atoms with E-state index in [-0.39, 0.29) is 5.91 Å². The van der Waals surface area contributed by atoms with Crippen LogP contribution in [0.5, 0.6) is 0 Å². The molecule has 1 N–H and O–H groups in total. The van der Waals surface area contributed by atoms with Crippen molar-refractivity contribution < 1.29 is 4.79 Å². The lowest BCUT2D eigenvalue weighted by molar-refractivity contribution is 0.0954. The second kappa shape index (κ2) is 6.74. The zero-order valence-electron chi connectivity index (χ0n) is 11.2. The maximum absolute atomic E-state index is 12.0. The third-order valence-electron chi connectivity index (χ3n) is 3.14. The topological polar surface area (TPSA) is 29.1 Å². The first-order chi connectivity index (χ1) is 9.29. The summed E-state index contributed by atoms with van der Waals surface area (Å²) in [7, 11) is 0. The summed E-state index contributed by atoms with van der Waals surface area (Å²) < 4.78 is 0. The SMILES string of the molecule is CCc1cccc(C(=O)NCCc2ccccc2)c1. The fourth-order valence-corrected chi connectivity index (χ4v) is 2.00. The van der Waals surface area contributed by atoms with E-state index >= 15 is 0 Å². The van der Waals surface area contributed by atoms with E-state index in [0.29, 0.717) is 6.54 Å². The van der Waals surface area contributed by atoms with Crippen LogP contribution in [0, 0.1) is 0 Å². The van der Waals surface area contributed by atoms with Crippen LogP contribution in [0.2, 0.25) is 0 Å². The fourth-order valence-electron chi connectivity index (χ4n) is 2.00. The highest BCUT2D eigenvalue weighted by Crippen LogP contribution is 2.06. The molecule has 0 atom stereocenters. The van der Waals surface area contributed by atoms with Gasteiger partial charge in [0.05, 0.1) is 0 Å². The standard InChI is InChI=1S/C17H19NO/c1-2-14-9-6-10-16(13-14)17(19)18-12-11-15-7-4-3-5-8-15/h3-10,13H,2,11-12H2,1H3,(H,18,19). The van der Waals surface area contributed by atoms with Crippen LogP contribution >= 0.6 is 0 Å². The lowest BCUT2D eigenvalue weighted by Gasteiger charge is -2.06. The molecular formula is C17H19NO. The molecule has 0 fully saturated rings. The van der Waals surface area contributed by atoms with Gasteiger partial charge in [0, 0.05) is 12.1 Å². The number of nitrogens with one attached hydrogen (secondary N) is 1. The summed E-state index contributed by atoms with van der Waals surface area (Å²) in [4.78, 5) is 12.0. The first-order valence-corrected chi connectivity index (χ1v) is 6.70. The van der Waals surface area contributed by atoms with Gasteiger partial charge in [0.15, 0.2) is 0 Å². The highest BCUT2D eigenvalue weighted by molar-refractivity contribution is 5.94. The molecule has 2 aromatic rings. The number of rotatable bonds is 5. The lowest BCUT2D eigenvalue weighted by atomic mass is 10.1. The normalized spacial score (nSPS) is 10.2. The molecule has 2 nitrogen and oxygen atoms in total. The minimum atomic E-state index is 0.00577. The summed E-state index contributed by atoms with van der Waals surface area (Å²) in [5.41, 5.74) is 3.17. The van der Waals surface area contributed by atoms with Gasteiger partial charge in [-0.25, -0.2) is 0 Å². The number of hydrogen-bond donors (Lipinski definition) is 1. The van der Waals surface area contributed by atoms with E-state index in [9.17, 15) is 4.79 Å². The molecule has 0 heterocycles. The van der Waals surface area contributed by atoms with Gasteiger partial charge in [-0.15, -0.1) is 0 Å². The molecule has 2 aromatic carbocycles. The van der Waals surface area contributed by atoms with Gasteiger partial charge >= 0.3 is 0 Å². The van der Waals surface area contributed by atoms with Crippen LogP contribution in [0.25, 0.3) is 0 Å². The van der Waals surface area contributed by atoms with E-state index in [4.69, 9.17) is 0 Å². The summed E-state index contributed by atoms with van der Waals surface area (Å²) in [6, 6.07) is 18.0. The monoisotopic (exact) mass is 253 g/mol. The van der Waals surface area contributed by atoms with Crippen LogP contribution in [0.1, 0.15) is 28.4 Å². The zero-order valence-corrected chi connectivity index (χ0v) is 11.2. The maximum atomic E-state index is 12.0. The molecular weight excluding hydrogens is 234 g/mol. The smallest absolute Gasteiger partial charge is 0.251 e. The lowest BCUT2D eigenvalue weighted by Crippen LogP contribution is -2.25. The molecule has 0 saturated carbocycles. The average Bonchev–Trinajstić information content (AvgIpc) is 2.48. The van der Waals surface area contributed by atoms with Crippen LogP contribution in [-0.2, 0) is 12.8 Å². The van der Waals surface area contributed by atoms with E-state index in [1.807, 2.05) is 42.5 Å². The van der Waals surface area contributed by atoms with Crippen molar-refractivity contribution in [1.29, 1.82) is 0 Å². The van der Waals surface area contributed by atoms with Crippen molar-refractivity contribution in [3.63, 3.8) is 0 Å².